The van der Waals surface area contributed by atoms with Crippen molar-refractivity contribution < 1.29 is 9.84 Å². The summed E-state index contributed by atoms with van der Waals surface area (Å²) in [5, 5.41) is 13.2. The Morgan fingerprint density at radius 1 is 1.53 bits per heavy atom. The first-order chi connectivity index (χ1) is 7.01. The summed E-state index contributed by atoms with van der Waals surface area (Å²) in [7, 11) is 3.40. The van der Waals surface area contributed by atoms with Gasteiger partial charge >= 0.3 is 0 Å². The molecule has 1 unspecified atom stereocenters. The van der Waals surface area contributed by atoms with Gasteiger partial charge in [0.2, 0.25) is 0 Å². The molecule has 0 aliphatic heterocycles. The molecule has 1 aromatic rings. The molecule has 15 heavy (non-hydrogen) atoms. The van der Waals surface area contributed by atoms with Crippen LogP contribution in [0.1, 0.15) is 12.5 Å². The molecule has 0 radical (unpaired) electrons. The number of hydrogen-bond donors (Lipinski definition) is 2. The normalized spacial score (nSPS) is 14.7. The number of nitrogens with one attached hydrogen (secondary N) is 1. The molecule has 0 amide bonds. The highest BCUT2D eigenvalue weighted by Gasteiger charge is 2.26. The molecule has 0 spiro atoms. The van der Waals surface area contributed by atoms with E-state index in [0.717, 1.165) is 10.0 Å². The van der Waals surface area contributed by atoms with Crippen LogP contribution in [0.3, 0.4) is 0 Å². The molecule has 1 atom stereocenters. The molecule has 0 bridgehead atoms. The molecule has 1 rings (SSSR count). The molecule has 0 heterocycles. The fourth-order valence-corrected chi connectivity index (χ4v) is 1.90. The predicted molar refractivity (Wildman–Crippen MR) is 64.2 cm³/mol. The zero-order valence-electron chi connectivity index (χ0n) is 9.17. The maximum Gasteiger partial charge on any atom is 0.125 e. The van der Waals surface area contributed by atoms with Crippen LogP contribution in [0, 0.1) is 0 Å². The number of rotatable bonds is 4. The highest BCUT2D eigenvalue weighted by Crippen LogP contribution is 2.31. The zero-order valence-corrected chi connectivity index (χ0v) is 10.8. The molecule has 0 saturated heterocycles. The third-order valence-electron chi connectivity index (χ3n) is 2.26. The van der Waals surface area contributed by atoms with Crippen LogP contribution in [0.2, 0.25) is 0 Å². The van der Waals surface area contributed by atoms with Gasteiger partial charge in [0.1, 0.15) is 11.4 Å². The summed E-state index contributed by atoms with van der Waals surface area (Å²) in [5.74, 6) is 0.693. The van der Waals surface area contributed by atoms with E-state index >= 15 is 0 Å². The first kappa shape index (κ1) is 12.5. The largest absolute Gasteiger partial charge is 0.496 e. The Balaban J connectivity index is 3.15. The number of halogens is 1. The number of likely N-dealkylation sites (N-methyl/N-ethyl adjacent to an activating group) is 1. The Morgan fingerprint density at radius 3 is 2.73 bits per heavy atom. The first-order valence-electron chi connectivity index (χ1n) is 4.72. The highest BCUT2D eigenvalue weighted by molar-refractivity contribution is 9.10. The van der Waals surface area contributed by atoms with Crippen LogP contribution in [-0.4, -0.2) is 25.8 Å². The van der Waals surface area contributed by atoms with E-state index in [1.165, 1.54) is 0 Å². The van der Waals surface area contributed by atoms with Crippen LogP contribution in [0.5, 0.6) is 5.75 Å². The lowest BCUT2D eigenvalue weighted by molar-refractivity contribution is 0.0564. The minimum absolute atomic E-state index is 0.472. The minimum Gasteiger partial charge on any atom is -0.496 e. The van der Waals surface area contributed by atoms with Gasteiger partial charge in [0.25, 0.3) is 0 Å². The van der Waals surface area contributed by atoms with Crippen molar-refractivity contribution in [2.45, 2.75) is 12.5 Å². The lowest BCUT2D eigenvalue weighted by atomic mass is 9.95. The van der Waals surface area contributed by atoms with Crippen molar-refractivity contribution >= 4 is 15.9 Å². The number of aliphatic hydroxyl groups is 1. The van der Waals surface area contributed by atoms with Crippen LogP contribution in [0.15, 0.2) is 22.7 Å². The maximum absolute atomic E-state index is 10.3. The number of benzene rings is 1. The summed E-state index contributed by atoms with van der Waals surface area (Å²) >= 11 is 3.38. The van der Waals surface area contributed by atoms with Crippen LogP contribution in [-0.2, 0) is 5.60 Å². The fraction of sp³-hybridized carbons (Fsp3) is 0.455. The van der Waals surface area contributed by atoms with Gasteiger partial charge in [-0.15, -0.1) is 0 Å². The average molecular weight is 274 g/mol. The van der Waals surface area contributed by atoms with E-state index in [9.17, 15) is 5.11 Å². The second-order valence-electron chi connectivity index (χ2n) is 3.65. The highest BCUT2D eigenvalue weighted by atomic mass is 79.9. The third kappa shape index (κ3) is 2.93. The van der Waals surface area contributed by atoms with E-state index in [0.29, 0.717) is 12.3 Å². The van der Waals surface area contributed by atoms with Gasteiger partial charge in [-0.25, -0.2) is 0 Å². The third-order valence-corrected chi connectivity index (χ3v) is 2.76. The summed E-state index contributed by atoms with van der Waals surface area (Å²) in [4.78, 5) is 0. The van der Waals surface area contributed by atoms with Gasteiger partial charge in [-0.05, 0) is 32.2 Å². The van der Waals surface area contributed by atoms with Gasteiger partial charge in [-0.1, -0.05) is 15.9 Å². The molecule has 4 heteroatoms. The van der Waals surface area contributed by atoms with Crippen molar-refractivity contribution in [1.29, 1.82) is 0 Å². The molecular weight excluding hydrogens is 258 g/mol. The molecule has 1 aromatic carbocycles. The summed E-state index contributed by atoms with van der Waals surface area (Å²) in [6.45, 7) is 2.23. The van der Waals surface area contributed by atoms with Gasteiger partial charge in [0, 0.05) is 16.6 Å². The van der Waals surface area contributed by atoms with Gasteiger partial charge in [0.15, 0.2) is 0 Å². The van der Waals surface area contributed by atoms with E-state index in [4.69, 9.17) is 4.74 Å². The minimum atomic E-state index is -0.941. The van der Waals surface area contributed by atoms with Gasteiger partial charge in [0.05, 0.1) is 7.11 Å². The van der Waals surface area contributed by atoms with Crippen molar-refractivity contribution in [3.63, 3.8) is 0 Å². The summed E-state index contributed by atoms with van der Waals surface area (Å²) in [5.41, 5.74) is -0.169. The van der Waals surface area contributed by atoms with Crippen LogP contribution >= 0.6 is 15.9 Å². The van der Waals surface area contributed by atoms with E-state index in [2.05, 4.69) is 21.2 Å². The Kier molecular flexibility index (Phi) is 4.13. The number of ether oxygens (including phenoxy) is 1. The van der Waals surface area contributed by atoms with Gasteiger partial charge < -0.3 is 15.2 Å². The lowest BCUT2D eigenvalue weighted by Gasteiger charge is -2.25. The second kappa shape index (κ2) is 4.96. The standard InChI is InChI=1S/C11H16BrNO2/c1-11(14,7-13-2)9-6-8(12)4-5-10(9)15-3/h4-6,13-14H,7H2,1-3H3. The molecule has 3 nitrogen and oxygen atoms in total. The quantitative estimate of drug-likeness (QED) is 0.881. The Morgan fingerprint density at radius 2 is 2.20 bits per heavy atom. The van der Waals surface area contributed by atoms with E-state index in [-0.39, 0.29) is 0 Å². The van der Waals surface area contributed by atoms with Crippen LogP contribution in [0.4, 0.5) is 0 Å². The number of hydrogen-bond acceptors (Lipinski definition) is 3. The van der Waals surface area contributed by atoms with Crippen molar-refractivity contribution in [1.82, 2.24) is 5.32 Å². The molecular formula is C11H16BrNO2. The fourth-order valence-electron chi connectivity index (χ4n) is 1.54. The maximum atomic E-state index is 10.3. The predicted octanol–water partition coefficient (Wildman–Crippen LogP) is 1.88. The van der Waals surface area contributed by atoms with Gasteiger partial charge in [-0.2, -0.15) is 0 Å². The molecule has 0 fully saturated rings. The summed E-state index contributed by atoms with van der Waals surface area (Å²) in [6.07, 6.45) is 0. The Labute approximate surface area is 98.6 Å². The zero-order chi connectivity index (χ0) is 11.5. The molecule has 0 aliphatic carbocycles. The topological polar surface area (TPSA) is 41.5 Å². The molecule has 0 aromatic heterocycles. The van der Waals surface area contributed by atoms with Crippen LogP contribution < -0.4 is 10.1 Å². The average Bonchev–Trinajstić information content (AvgIpc) is 2.17. The van der Waals surface area contributed by atoms with Crippen molar-refractivity contribution in [3.8, 4) is 5.75 Å². The monoisotopic (exact) mass is 273 g/mol. The van der Waals surface area contributed by atoms with Gasteiger partial charge in [-0.3, -0.25) is 0 Å². The molecule has 0 saturated carbocycles. The Hall–Kier alpha value is -0.580. The Bertz CT molecular complexity index is 339. The smallest absolute Gasteiger partial charge is 0.125 e. The van der Waals surface area contributed by atoms with E-state index in [1.54, 1.807) is 21.1 Å². The SMILES string of the molecule is CNCC(C)(O)c1cc(Br)ccc1OC. The number of methoxy groups -OCH3 is 1. The van der Waals surface area contributed by atoms with Crippen molar-refractivity contribution in [2.24, 2.45) is 0 Å². The van der Waals surface area contributed by atoms with Crippen molar-refractivity contribution in [3.05, 3.63) is 28.2 Å². The summed E-state index contributed by atoms with van der Waals surface area (Å²) < 4.78 is 6.15. The summed E-state index contributed by atoms with van der Waals surface area (Å²) in [6, 6.07) is 5.59. The van der Waals surface area contributed by atoms with Crippen molar-refractivity contribution in [2.75, 3.05) is 20.7 Å². The molecule has 84 valence electrons. The van der Waals surface area contributed by atoms with Crippen LogP contribution in [0.25, 0.3) is 0 Å². The molecule has 0 aliphatic rings. The van der Waals surface area contributed by atoms with E-state index in [1.807, 2.05) is 18.2 Å². The lowest BCUT2D eigenvalue weighted by Crippen LogP contribution is -2.33. The molecule has 2 N–H and O–H groups in total. The van der Waals surface area contributed by atoms with E-state index < -0.39 is 5.60 Å². The first-order valence-corrected chi connectivity index (χ1v) is 5.51. The second-order valence-corrected chi connectivity index (χ2v) is 4.56.